The molecule has 2 rings (SSSR count). The maximum Gasteiger partial charge on any atom is 0.393 e. The molecule has 26 heavy (non-hydrogen) atoms. The van der Waals surface area contributed by atoms with Crippen LogP contribution in [0.15, 0.2) is 18.2 Å². The molecule has 144 valence electrons. The third-order valence-electron chi connectivity index (χ3n) is 4.13. The van der Waals surface area contributed by atoms with Crippen LogP contribution < -0.4 is 15.4 Å². The van der Waals surface area contributed by atoms with Gasteiger partial charge in [0.25, 0.3) is 0 Å². The summed E-state index contributed by atoms with van der Waals surface area (Å²) in [7, 11) is 1.43. The van der Waals surface area contributed by atoms with Crippen molar-refractivity contribution < 1.29 is 27.5 Å². The van der Waals surface area contributed by atoms with E-state index in [0.29, 0.717) is 30.1 Å². The van der Waals surface area contributed by atoms with Gasteiger partial charge in [0.05, 0.1) is 25.3 Å². The second-order valence-electron chi connectivity index (χ2n) is 6.26. The number of hydrogen-bond donors (Lipinski definition) is 2. The number of halogens is 3. The van der Waals surface area contributed by atoms with Gasteiger partial charge in [0.2, 0.25) is 11.8 Å². The lowest BCUT2D eigenvalue weighted by molar-refractivity contribution is -0.186. The third-order valence-corrected chi connectivity index (χ3v) is 4.13. The Labute approximate surface area is 149 Å². The van der Waals surface area contributed by atoms with Gasteiger partial charge < -0.3 is 15.4 Å². The van der Waals surface area contributed by atoms with Crippen molar-refractivity contribution in [2.24, 2.45) is 5.92 Å². The first-order chi connectivity index (χ1) is 12.2. The van der Waals surface area contributed by atoms with E-state index in [9.17, 15) is 22.8 Å². The number of benzene rings is 1. The maximum absolute atomic E-state index is 12.9. The fourth-order valence-corrected chi connectivity index (χ4v) is 2.95. The van der Waals surface area contributed by atoms with E-state index in [0.717, 1.165) is 0 Å². The number of anilines is 2. The van der Waals surface area contributed by atoms with E-state index in [2.05, 4.69) is 10.6 Å². The predicted octanol–water partition coefficient (Wildman–Crippen LogP) is 2.87. The van der Waals surface area contributed by atoms with Crippen LogP contribution in [-0.2, 0) is 9.59 Å². The van der Waals surface area contributed by atoms with E-state index in [4.69, 9.17) is 4.74 Å². The predicted molar refractivity (Wildman–Crippen MR) is 91.1 cm³/mol. The molecule has 0 bridgehead atoms. The lowest BCUT2D eigenvalue weighted by atomic mass is 9.97. The minimum Gasteiger partial charge on any atom is -0.495 e. The van der Waals surface area contributed by atoms with Gasteiger partial charge in [0, 0.05) is 19.2 Å². The number of nitrogens with zero attached hydrogens (tertiary/aromatic N) is 1. The smallest absolute Gasteiger partial charge is 0.393 e. The topological polar surface area (TPSA) is 70.7 Å². The Hall–Kier alpha value is -2.29. The molecule has 1 aromatic rings. The van der Waals surface area contributed by atoms with Gasteiger partial charge in [-0.2, -0.15) is 13.2 Å². The molecule has 1 atom stereocenters. The number of rotatable bonds is 5. The van der Waals surface area contributed by atoms with Gasteiger partial charge in [-0.3, -0.25) is 14.5 Å². The molecular formula is C17H22F3N3O3. The average Bonchev–Trinajstić information content (AvgIpc) is 2.54. The van der Waals surface area contributed by atoms with Crippen LogP contribution in [0.1, 0.15) is 19.8 Å². The highest BCUT2D eigenvalue weighted by Gasteiger charge is 2.41. The van der Waals surface area contributed by atoms with Crippen LogP contribution >= 0.6 is 0 Å². The van der Waals surface area contributed by atoms with Crippen molar-refractivity contribution in [2.45, 2.75) is 25.9 Å². The molecule has 1 aromatic carbocycles. The minimum absolute atomic E-state index is 0.0915. The molecular weight excluding hydrogens is 351 g/mol. The zero-order chi connectivity index (χ0) is 19.3. The molecule has 0 saturated carbocycles. The minimum atomic E-state index is -4.24. The number of methoxy groups -OCH3 is 1. The van der Waals surface area contributed by atoms with Crippen molar-refractivity contribution in [2.75, 3.05) is 37.4 Å². The van der Waals surface area contributed by atoms with Crippen LogP contribution in [0.25, 0.3) is 0 Å². The van der Waals surface area contributed by atoms with Crippen molar-refractivity contribution in [3.63, 3.8) is 0 Å². The monoisotopic (exact) mass is 373 g/mol. The number of amides is 2. The molecule has 1 aliphatic rings. The number of nitrogens with one attached hydrogen (secondary N) is 2. The molecule has 0 aliphatic carbocycles. The Morgan fingerprint density at radius 1 is 1.31 bits per heavy atom. The number of piperidine rings is 1. The third kappa shape index (κ3) is 5.62. The van der Waals surface area contributed by atoms with Gasteiger partial charge in [0.15, 0.2) is 0 Å². The van der Waals surface area contributed by atoms with Crippen LogP contribution in [0.5, 0.6) is 5.75 Å². The zero-order valence-corrected chi connectivity index (χ0v) is 14.7. The van der Waals surface area contributed by atoms with Crippen LogP contribution in [0, 0.1) is 5.92 Å². The standard InChI is InChI=1S/C17H22F3N3O3/c1-11(24)21-13-5-6-15(26-2)14(8-13)22-16(25)10-23-7-3-4-12(9-23)17(18,19)20/h5-6,8,12H,3-4,7,9-10H2,1-2H3,(H,21,24)(H,22,25). The molecule has 6 nitrogen and oxygen atoms in total. The summed E-state index contributed by atoms with van der Waals surface area (Å²) >= 11 is 0. The largest absolute Gasteiger partial charge is 0.495 e. The number of alkyl halides is 3. The van der Waals surface area contributed by atoms with Gasteiger partial charge in [-0.05, 0) is 37.6 Å². The number of ether oxygens (including phenoxy) is 1. The summed E-state index contributed by atoms with van der Waals surface area (Å²) in [6.07, 6.45) is -3.75. The molecule has 0 aromatic heterocycles. The molecule has 1 unspecified atom stereocenters. The first-order valence-electron chi connectivity index (χ1n) is 8.23. The van der Waals surface area contributed by atoms with Gasteiger partial charge in [-0.15, -0.1) is 0 Å². The number of carbonyl (C=O) groups excluding carboxylic acids is 2. The van der Waals surface area contributed by atoms with E-state index >= 15 is 0 Å². The lowest BCUT2D eigenvalue weighted by Crippen LogP contribution is -2.44. The Kier molecular flexibility index (Phi) is 6.47. The summed E-state index contributed by atoms with van der Waals surface area (Å²) in [4.78, 5) is 24.9. The Morgan fingerprint density at radius 3 is 2.65 bits per heavy atom. The molecule has 1 fully saturated rings. The van der Waals surface area contributed by atoms with E-state index < -0.39 is 18.0 Å². The fraction of sp³-hybridized carbons (Fsp3) is 0.529. The molecule has 0 spiro atoms. The lowest BCUT2D eigenvalue weighted by Gasteiger charge is -2.33. The highest BCUT2D eigenvalue weighted by Crippen LogP contribution is 2.33. The van der Waals surface area contributed by atoms with Crippen molar-refractivity contribution in [1.82, 2.24) is 4.90 Å². The van der Waals surface area contributed by atoms with E-state index in [1.165, 1.54) is 25.0 Å². The quantitative estimate of drug-likeness (QED) is 0.833. The highest BCUT2D eigenvalue weighted by molar-refractivity contribution is 5.95. The van der Waals surface area contributed by atoms with Crippen LogP contribution in [-0.4, -0.2) is 49.6 Å². The van der Waals surface area contributed by atoms with Crippen LogP contribution in [0.4, 0.5) is 24.5 Å². The SMILES string of the molecule is COc1ccc(NC(C)=O)cc1NC(=O)CN1CCCC(C(F)(F)F)C1. The van der Waals surface area contributed by atoms with Gasteiger partial charge >= 0.3 is 6.18 Å². The first-order valence-corrected chi connectivity index (χ1v) is 8.23. The molecule has 1 saturated heterocycles. The van der Waals surface area contributed by atoms with E-state index in [1.807, 2.05) is 0 Å². The fourth-order valence-electron chi connectivity index (χ4n) is 2.95. The molecule has 2 N–H and O–H groups in total. The summed E-state index contributed by atoms with van der Waals surface area (Å²) in [6.45, 7) is 1.49. The average molecular weight is 373 g/mol. The summed E-state index contributed by atoms with van der Waals surface area (Å²) in [6, 6.07) is 4.74. The van der Waals surface area contributed by atoms with Crippen LogP contribution in [0.3, 0.4) is 0 Å². The van der Waals surface area contributed by atoms with Gasteiger partial charge in [-0.25, -0.2) is 0 Å². The van der Waals surface area contributed by atoms with Crippen molar-refractivity contribution >= 4 is 23.2 Å². The Bertz CT molecular complexity index is 664. The van der Waals surface area contributed by atoms with Crippen molar-refractivity contribution in [1.29, 1.82) is 0 Å². The second kappa shape index (κ2) is 8.39. The Morgan fingerprint density at radius 2 is 2.04 bits per heavy atom. The van der Waals surface area contributed by atoms with Crippen molar-refractivity contribution in [3.8, 4) is 5.75 Å². The summed E-state index contributed by atoms with van der Waals surface area (Å²) < 4.78 is 43.8. The molecule has 1 aliphatic heterocycles. The number of carbonyl (C=O) groups is 2. The normalized spacial score (nSPS) is 18.3. The van der Waals surface area contributed by atoms with Gasteiger partial charge in [-0.1, -0.05) is 0 Å². The first kappa shape index (κ1) is 20.0. The molecule has 0 radical (unpaired) electrons. The van der Waals surface area contributed by atoms with E-state index in [1.54, 1.807) is 12.1 Å². The highest BCUT2D eigenvalue weighted by atomic mass is 19.4. The second-order valence-corrected chi connectivity index (χ2v) is 6.26. The molecule has 2 amide bonds. The van der Waals surface area contributed by atoms with Gasteiger partial charge in [0.1, 0.15) is 5.75 Å². The Balaban J connectivity index is 2.01. The molecule has 9 heteroatoms. The molecule has 1 heterocycles. The zero-order valence-electron chi connectivity index (χ0n) is 14.7. The van der Waals surface area contributed by atoms with E-state index in [-0.39, 0.29) is 25.4 Å². The maximum atomic E-state index is 12.9. The summed E-state index contributed by atoms with van der Waals surface area (Å²) in [5.41, 5.74) is 0.817. The number of hydrogen-bond acceptors (Lipinski definition) is 4. The number of likely N-dealkylation sites (tertiary alicyclic amines) is 1. The summed E-state index contributed by atoms with van der Waals surface area (Å²) in [5.74, 6) is -1.72. The van der Waals surface area contributed by atoms with Crippen LogP contribution in [0.2, 0.25) is 0 Å². The summed E-state index contributed by atoms with van der Waals surface area (Å²) in [5, 5.41) is 5.23. The van der Waals surface area contributed by atoms with Crippen molar-refractivity contribution in [3.05, 3.63) is 18.2 Å².